The van der Waals surface area contributed by atoms with Crippen molar-refractivity contribution in [2.45, 2.75) is 0 Å². The van der Waals surface area contributed by atoms with Crippen molar-refractivity contribution in [2.75, 3.05) is 0 Å². The van der Waals surface area contributed by atoms with Crippen LogP contribution in [-0.4, -0.2) is 20.3 Å². The SMILES string of the molecule is N#Cc1cc([N+](=O)[O-])cc2nn[nH]c12. The second kappa shape index (κ2) is 2.77. The van der Waals surface area contributed by atoms with Gasteiger partial charge in [-0.3, -0.25) is 15.2 Å². The van der Waals surface area contributed by atoms with Crippen LogP contribution in [0.15, 0.2) is 12.1 Å². The van der Waals surface area contributed by atoms with Crippen molar-refractivity contribution in [3.63, 3.8) is 0 Å². The Balaban J connectivity index is 2.82. The highest BCUT2D eigenvalue weighted by molar-refractivity contribution is 5.82. The van der Waals surface area contributed by atoms with Crippen LogP contribution >= 0.6 is 0 Å². The molecule has 2 rings (SSSR count). The Labute approximate surface area is 77.1 Å². The fraction of sp³-hybridized carbons (Fsp3) is 0. The van der Waals surface area contributed by atoms with Crippen LogP contribution in [0.5, 0.6) is 0 Å². The van der Waals surface area contributed by atoms with Gasteiger partial charge in [0.25, 0.3) is 5.69 Å². The molecular weight excluding hydrogens is 186 g/mol. The molecule has 1 aromatic heterocycles. The molecule has 7 nitrogen and oxygen atoms in total. The van der Waals surface area contributed by atoms with Gasteiger partial charge in [0.05, 0.1) is 10.5 Å². The third-order valence-electron chi connectivity index (χ3n) is 1.75. The fourth-order valence-corrected chi connectivity index (χ4v) is 1.13. The summed E-state index contributed by atoms with van der Waals surface area (Å²) in [5.74, 6) is 0. The van der Waals surface area contributed by atoms with E-state index in [1.165, 1.54) is 12.1 Å². The van der Waals surface area contributed by atoms with Crippen molar-refractivity contribution >= 4 is 16.7 Å². The van der Waals surface area contributed by atoms with Crippen LogP contribution < -0.4 is 0 Å². The van der Waals surface area contributed by atoms with E-state index in [1.807, 2.05) is 6.07 Å². The van der Waals surface area contributed by atoms with Crippen molar-refractivity contribution in [2.24, 2.45) is 0 Å². The zero-order valence-corrected chi connectivity index (χ0v) is 6.76. The number of aromatic amines is 1. The minimum absolute atomic E-state index is 0.164. The lowest BCUT2D eigenvalue weighted by Crippen LogP contribution is -1.89. The highest BCUT2D eigenvalue weighted by Gasteiger charge is 2.13. The molecule has 68 valence electrons. The van der Waals surface area contributed by atoms with E-state index in [0.717, 1.165) is 0 Å². The van der Waals surface area contributed by atoms with Crippen molar-refractivity contribution in [3.05, 3.63) is 27.8 Å². The molecule has 14 heavy (non-hydrogen) atoms. The van der Waals surface area contributed by atoms with Crippen LogP contribution in [-0.2, 0) is 0 Å². The molecule has 7 heteroatoms. The fourth-order valence-electron chi connectivity index (χ4n) is 1.13. The number of nitriles is 1. The number of nitro benzene ring substituents is 1. The number of H-pyrrole nitrogens is 1. The van der Waals surface area contributed by atoms with Gasteiger partial charge in [0.2, 0.25) is 0 Å². The lowest BCUT2D eigenvalue weighted by atomic mass is 10.2. The van der Waals surface area contributed by atoms with E-state index in [1.54, 1.807) is 0 Å². The Morgan fingerprint density at radius 2 is 2.36 bits per heavy atom. The maximum atomic E-state index is 10.5. The molecule has 0 amide bonds. The van der Waals surface area contributed by atoms with Gasteiger partial charge < -0.3 is 0 Å². The van der Waals surface area contributed by atoms with E-state index < -0.39 is 4.92 Å². The number of nitro groups is 1. The molecule has 0 radical (unpaired) electrons. The largest absolute Gasteiger partial charge is 0.273 e. The Bertz CT molecular complexity index is 553. The highest BCUT2D eigenvalue weighted by Crippen LogP contribution is 2.21. The minimum Gasteiger partial charge on any atom is -0.258 e. The van der Waals surface area contributed by atoms with E-state index in [0.29, 0.717) is 11.0 Å². The normalized spacial score (nSPS) is 9.93. The minimum atomic E-state index is -0.574. The average molecular weight is 189 g/mol. The van der Waals surface area contributed by atoms with Gasteiger partial charge in [-0.05, 0) is 0 Å². The number of hydrogen-bond donors (Lipinski definition) is 1. The Kier molecular flexibility index (Phi) is 1.61. The molecule has 0 bridgehead atoms. The Hall–Kier alpha value is -2.49. The van der Waals surface area contributed by atoms with Crippen LogP contribution in [0.25, 0.3) is 11.0 Å². The van der Waals surface area contributed by atoms with Crippen molar-refractivity contribution in [1.82, 2.24) is 15.4 Å². The van der Waals surface area contributed by atoms with Crippen LogP contribution in [0, 0.1) is 21.4 Å². The topological polar surface area (TPSA) is 108 Å². The maximum Gasteiger partial charge on any atom is 0.273 e. The molecule has 0 atom stereocenters. The summed E-state index contributed by atoms with van der Waals surface area (Å²) in [6.45, 7) is 0. The summed E-state index contributed by atoms with van der Waals surface area (Å²) >= 11 is 0. The number of aromatic nitrogens is 3. The molecule has 0 aliphatic heterocycles. The van der Waals surface area contributed by atoms with Crippen molar-refractivity contribution in [1.29, 1.82) is 5.26 Å². The highest BCUT2D eigenvalue weighted by atomic mass is 16.6. The lowest BCUT2D eigenvalue weighted by molar-refractivity contribution is -0.384. The first-order valence-corrected chi connectivity index (χ1v) is 3.61. The van der Waals surface area contributed by atoms with E-state index in [4.69, 9.17) is 5.26 Å². The molecule has 0 saturated carbocycles. The number of non-ortho nitro benzene ring substituents is 1. The first kappa shape index (κ1) is 8.12. The number of nitrogens with one attached hydrogen (secondary N) is 1. The van der Waals surface area contributed by atoms with Gasteiger partial charge >= 0.3 is 0 Å². The second-order valence-corrected chi connectivity index (χ2v) is 2.57. The molecule has 1 N–H and O–H groups in total. The molecule has 1 heterocycles. The summed E-state index contributed by atoms with van der Waals surface area (Å²) in [5.41, 5.74) is 0.732. The first-order chi connectivity index (χ1) is 6.72. The van der Waals surface area contributed by atoms with Gasteiger partial charge in [-0.1, -0.05) is 5.21 Å². The summed E-state index contributed by atoms with van der Waals surface area (Å²) in [7, 11) is 0. The number of nitrogens with zero attached hydrogens (tertiary/aromatic N) is 4. The summed E-state index contributed by atoms with van der Waals surface area (Å²) in [6.07, 6.45) is 0. The molecule has 1 aromatic carbocycles. The van der Waals surface area contributed by atoms with Crippen LogP contribution in [0.3, 0.4) is 0 Å². The molecule has 0 saturated heterocycles. The van der Waals surface area contributed by atoms with E-state index in [2.05, 4.69) is 15.4 Å². The predicted molar refractivity (Wildman–Crippen MR) is 45.3 cm³/mol. The Morgan fingerprint density at radius 3 is 3.00 bits per heavy atom. The van der Waals surface area contributed by atoms with Gasteiger partial charge in [0.1, 0.15) is 17.1 Å². The van der Waals surface area contributed by atoms with E-state index in [-0.39, 0.29) is 11.3 Å². The first-order valence-electron chi connectivity index (χ1n) is 3.61. The number of fused-ring (bicyclic) bond motifs is 1. The third-order valence-corrected chi connectivity index (χ3v) is 1.75. The van der Waals surface area contributed by atoms with Crippen LogP contribution in [0.4, 0.5) is 5.69 Å². The number of rotatable bonds is 1. The quantitative estimate of drug-likeness (QED) is 0.525. The molecular formula is C7H3N5O2. The third kappa shape index (κ3) is 1.06. The van der Waals surface area contributed by atoms with Gasteiger partial charge in [0, 0.05) is 12.1 Å². The van der Waals surface area contributed by atoms with Crippen LogP contribution in [0.2, 0.25) is 0 Å². The van der Waals surface area contributed by atoms with Crippen molar-refractivity contribution < 1.29 is 4.92 Å². The van der Waals surface area contributed by atoms with Crippen molar-refractivity contribution in [3.8, 4) is 6.07 Å². The summed E-state index contributed by atoms with van der Waals surface area (Å²) in [4.78, 5) is 9.90. The maximum absolute atomic E-state index is 10.5. The molecule has 0 unspecified atom stereocenters. The van der Waals surface area contributed by atoms with E-state index in [9.17, 15) is 10.1 Å². The smallest absolute Gasteiger partial charge is 0.258 e. The Morgan fingerprint density at radius 1 is 1.57 bits per heavy atom. The number of benzene rings is 1. The molecule has 2 aromatic rings. The van der Waals surface area contributed by atoms with Gasteiger partial charge in [-0.2, -0.15) is 5.26 Å². The monoisotopic (exact) mass is 189 g/mol. The van der Waals surface area contributed by atoms with Gasteiger partial charge in [-0.25, -0.2) is 0 Å². The van der Waals surface area contributed by atoms with E-state index >= 15 is 0 Å². The second-order valence-electron chi connectivity index (χ2n) is 2.57. The summed E-state index contributed by atoms with van der Waals surface area (Å²) < 4.78 is 0. The summed E-state index contributed by atoms with van der Waals surface area (Å²) in [6, 6.07) is 4.28. The number of hydrogen-bond acceptors (Lipinski definition) is 5. The van der Waals surface area contributed by atoms with Crippen LogP contribution in [0.1, 0.15) is 5.56 Å². The molecule has 0 aliphatic rings. The molecule has 0 spiro atoms. The summed E-state index contributed by atoms with van der Waals surface area (Å²) in [5, 5.41) is 28.8. The molecule has 0 aliphatic carbocycles. The lowest BCUT2D eigenvalue weighted by Gasteiger charge is -1.92. The molecule has 0 fully saturated rings. The van der Waals surface area contributed by atoms with Gasteiger partial charge in [0.15, 0.2) is 0 Å². The standard InChI is InChI=1S/C7H3N5O2/c8-3-4-1-5(12(13)14)2-6-7(4)10-11-9-6/h1-2H,(H,9,10,11). The zero-order valence-electron chi connectivity index (χ0n) is 6.76. The predicted octanol–water partition coefficient (Wildman–Crippen LogP) is 0.738. The average Bonchev–Trinajstić information content (AvgIpc) is 2.63. The zero-order chi connectivity index (χ0) is 10.1. The van der Waals surface area contributed by atoms with Gasteiger partial charge in [-0.15, -0.1) is 5.10 Å².